The van der Waals surface area contributed by atoms with Crippen LogP contribution in [-0.2, 0) is 4.79 Å². The van der Waals surface area contributed by atoms with Crippen LogP contribution in [0.1, 0.15) is 19.3 Å². The van der Waals surface area contributed by atoms with E-state index < -0.39 is 11.6 Å². The maximum absolute atomic E-state index is 13.7. The van der Waals surface area contributed by atoms with E-state index in [1.54, 1.807) is 4.90 Å². The normalized spacial score (nSPS) is 16.5. The number of anilines is 1. The molecule has 1 unspecified atom stereocenters. The van der Waals surface area contributed by atoms with Gasteiger partial charge in [0, 0.05) is 25.6 Å². The Morgan fingerprint density at radius 3 is 2.57 bits per heavy atom. The largest absolute Gasteiger partial charge is 0.365 e. The Morgan fingerprint density at radius 1 is 1.30 bits per heavy atom. The van der Waals surface area contributed by atoms with Crippen molar-refractivity contribution in [2.24, 2.45) is 0 Å². The highest BCUT2D eigenvalue weighted by Gasteiger charge is 2.27. The van der Waals surface area contributed by atoms with Crippen LogP contribution in [-0.4, -0.2) is 38.6 Å². The lowest BCUT2D eigenvalue weighted by molar-refractivity contribution is -0.121. The van der Waals surface area contributed by atoms with E-state index >= 15 is 0 Å². The predicted octanol–water partition coefficient (Wildman–Crippen LogP) is 2.50. The second kappa shape index (κ2) is 10.6. The van der Waals surface area contributed by atoms with Gasteiger partial charge in [-0.2, -0.15) is 0 Å². The van der Waals surface area contributed by atoms with E-state index in [0.717, 1.165) is 13.0 Å². The Morgan fingerprint density at radius 2 is 1.96 bits per heavy atom. The van der Waals surface area contributed by atoms with Gasteiger partial charge in [0.2, 0.25) is 5.91 Å². The minimum Gasteiger partial charge on any atom is -0.365 e. The first-order chi connectivity index (χ1) is 10.1. The fourth-order valence-corrected chi connectivity index (χ4v) is 2.60. The zero-order chi connectivity index (χ0) is 15.2. The lowest BCUT2D eigenvalue weighted by atomic mass is 10.2. The molecule has 4 nitrogen and oxygen atoms in total. The molecule has 1 aliphatic rings. The van der Waals surface area contributed by atoms with Crippen molar-refractivity contribution in [1.82, 2.24) is 10.6 Å². The predicted molar refractivity (Wildman–Crippen MR) is 92.8 cm³/mol. The molecule has 132 valence electrons. The molecule has 2 rings (SSSR count). The van der Waals surface area contributed by atoms with Crippen molar-refractivity contribution >= 4 is 36.4 Å². The van der Waals surface area contributed by atoms with Crippen molar-refractivity contribution in [3.05, 3.63) is 29.8 Å². The van der Waals surface area contributed by atoms with Gasteiger partial charge in [0.05, 0.1) is 0 Å². The molecule has 8 heteroatoms. The quantitative estimate of drug-likeness (QED) is 0.757. The van der Waals surface area contributed by atoms with Crippen LogP contribution in [0.2, 0.25) is 0 Å². The number of para-hydroxylation sites is 1. The van der Waals surface area contributed by atoms with Gasteiger partial charge in [-0.25, -0.2) is 8.78 Å². The summed E-state index contributed by atoms with van der Waals surface area (Å²) in [5.74, 6) is -1.13. The van der Waals surface area contributed by atoms with Gasteiger partial charge in [-0.15, -0.1) is 24.8 Å². The van der Waals surface area contributed by atoms with Gasteiger partial charge in [0.15, 0.2) is 0 Å². The summed E-state index contributed by atoms with van der Waals surface area (Å²) >= 11 is 0. The number of hydrogen-bond acceptors (Lipinski definition) is 3. The fourth-order valence-electron chi connectivity index (χ4n) is 2.60. The number of amides is 1. The van der Waals surface area contributed by atoms with Crippen LogP contribution >= 0.6 is 24.8 Å². The molecule has 1 aliphatic heterocycles. The van der Waals surface area contributed by atoms with Gasteiger partial charge in [-0.3, -0.25) is 4.79 Å². The van der Waals surface area contributed by atoms with Crippen molar-refractivity contribution in [1.29, 1.82) is 0 Å². The number of rotatable bonds is 6. The molecule has 23 heavy (non-hydrogen) atoms. The van der Waals surface area contributed by atoms with Gasteiger partial charge >= 0.3 is 0 Å². The number of hydrogen-bond donors (Lipinski definition) is 2. The third-order valence-corrected chi connectivity index (χ3v) is 3.64. The Labute approximate surface area is 147 Å². The molecule has 1 atom stereocenters. The van der Waals surface area contributed by atoms with E-state index in [2.05, 4.69) is 10.6 Å². The van der Waals surface area contributed by atoms with Crippen molar-refractivity contribution in [3.8, 4) is 0 Å². The summed E-state index contributed by atoms with van der Waals surface area (Å²) in [6.07, 6.45) is 1.94. The van der Waals surface area contributed by atoms with Crippen molar-refractivity contribution < 1.29 is 13.6 Å². The Balaban J connectivity index is 0.00000242. The molecule has 1 aromatic rings. The standard InChI is InChI=1S/C15H21F2N3O.2ClH/c1-18-8-3-6-14(21)19-11-7-9-20(10-11)15-12(16)4-2-5-13(15)17;;/h2,4-5,11,18H,3,6-10H2,1H3,(H,19,21);2*1H. The lowest BCUT2D eigenvalue weighted by Crippen LogP contribution is -2.37. The summed E-state index contributed by atoms with van der Waals surface area (Å²) in [5, 5.41) is 5.91. The SMILES string of the molecule is CNCCCC(=O)NC1CCN(c2c(F)cccc2F)C1.Cl.Cl. The van der Waals surface area contributed by atoms with Crippen LogP contribution < -0.4 is 15.5 Å². The second-order valence-corrected chi connectivity index (χ2v) is 5.28. The van der Waals surface area contributed by atoms with Crippen LogP contribution in [0.15, 0.2) is 18.2 Å². The van der Waals surface area contributed by atoms with Crippen molar-refractivity contribution in [2.45, 2.75) is 25.3 Å². The van der Waals surface area contributed by atoms with Crippen LogP contribution in [0.4, 0.5) is 14.5 Å². The zero-order valence-corrected chi connectivity index (χ0v) is 14.6. The number of carbonyl (C=O) groups excluding carboxylic acids is 1. The summed E-state index contributed by atoms with van der Waals surface area (Å²) in [5.41, 5.74) is 0.00410. The van der Waals surface area contributed by atoms with E-state index in [1.807, 2.05) is 7.05 Å². The van der Waals surface area contributed by atoms with Crippen LogP contribution in [0.25, 0.3) is 0 Å². The maximum atomic E-state index is 13.7. The van der Waals surface area contributed by atoms with E-state index in [1.165, 1.54) is 18.2 Å². The van der Waals surface area contributed by atoms with Gasteiger partial charge in [-0.05, 0) is 38.6 Å². The number of benzene rings is 1. The van der Waals surface area contributed by atoms with Gasteiger partial charge in [0.25, 0.3) is 0 Å². The molecule has 0 aliphatic carbocycles. The van der Waals surface area contributed by atoms with E-state index in [4.69, 9.17) is 0 Å². The van der Waals surface area contributed by atoms with E-state index in [0.29, 0.717) is 25.9 Å². The summed E-state index contributed by atoms with van der Waals surface area (Å²) in [4.78, 5) is 13.4. The molecule has 0 radical (unpaired) electrons. The smallest absolute Gasteiger partial charge is 0.220 e. The van der Waals surface area contributed by atoms with Crippen molar-refractivity contribution in [2.75, 3.05) is 31.6 Å². The molecule has 0 saturated carbocycles. The molecule has 0 aromatic heterocycles. The van der Waals surface area contributed by atoms with Crippen molar-refractivity contribution in [3.63, 3.8) is 0 Å². The van der Waals surface area contributed by atoms with E-state index in [9.17, 15) is 13.6 Å². The van der Waals surface area contributed by atoms with Crippen LogP contribution in [0.3, 0.4) is 0 Å². The topological polar surface area (TPSA) is 44.4 Å². The Kier molecular flexibility index (Phi) is 10.1. The number of nitrogens with one attached hydrogen (secondary N) is 2. The van der Waals surface area contributed by atoms with Crippen LogP contribution in [0, 0.1) is 11.6 Å². The monoisotopic (exact) mass is 369 g/mol. The molecule has 1 aromatic carbocycles. The van der Waals surface area contributed by atoms with Crippen LogP contribution in [0.5, 0.6) is 0 Å². The molecule has 0 bridgehead atoms. The lowest BCUT2D eigenvalue weighted by Gasteiger charge is -2.20. The third-order valence-electron chi connectivity index (χ3n) is 3.64. The minimum atomic E-state index is -0.559. The average Bonchev–Trinajstić information content (AvgIpc) is 2.87. The molecule has 1 saturated heterocycles. The summed E-state index contributed by atoms with van der Waals surface area (Å²) < 4.78 is 27.4. The molecule has 1 fully saturated rings. The highest BCUT2D eigenvalue weighted by Crippen LogP contribution is 2.26. The molecule has 1 amide bonds. The third kappa shape index (κ3) is 6.12. The first-order valence-electron chi connectivity index (χ1n) is 7.24. The highest BCUT2D eigenvalue weighted by atomic mass is 35.5. The number of carbonyl (C=O) groups is 1. The number of halogens is 4. The Hall–Kier alpha value is -1.11. The molecule has 1 heterocycles. The summed E-state index contributed by atoms with van der Waals surface area (Å²) in [6.45, 7) is 1.78. The molecular formula is C15H23Cl2F2N3O. The molecule has 0 spiro atoms. The minimum absolute atomic E-state index is 0. The maximum Gasteiger partial charge on any atom is 0.220 e. The van der Waals surface area contributed by atoms with Gasteiger partial charge in [-0.1, -0.05) is 6.07 Å². The van der Waals surface area contributed by atoms with E-state index in [-0.39, 0.29) is 42.5 Å². The summed E-state index contributed by atoms with van der Waals surface area (Å²) in [7, 11) is 1.84. The average molecular weight is 370 g/mol. The zero-order valence-electron chi connectivity index (χ0n) is 13.0. The highest BCUT2D eigenvalue weighted by molar-refractivity contribution is 5.85. The van der Waals surface area contributed by atoms with Gasteiger partial charge < -0.3 is 15.5 Å². The first kappa shape index (κ1) is 21.9. The molecule has 2 N–H and O–H groups in total. The Bertz CT molecular complexity index is 485. The number of nitrogens with zero attached hydrogens (tertiary/aromatic N) is 1. The second-order valence-electron chi connectivity index (χ2n) is 5.28. The fraction of sp³-hybridized carbons (Fsp3) is 0.533. The summed E-state index contributed by atoms with van der Waals surface area (Å²) in [6, 6.07) is 3.81. The molecular weight excluding hydrogens is 347 g/mol. The first-order valence-corrected chi connectivity index (χ1v) is 7.24. The van der Waals surface area contributed by atoms with Gasteiger partial charge in [0.1, 0.15) is 17.3 Å².